The number of nitrogens with one attached hydrogen (secondary N) is 1. The number of carbonyl (C=O) groups excluding carboxylic acids is 2. The lowest BCUT2D eigenvalue weighted by atomic mass is 9.79. The molecule has 0 aromatic heterocycles. The smallest absolute Gasteiger partial charge is 0.248 e. The maximum absolute atomic E-state index is 12.6. The van der Waals surface area contributed by atoms with E-state index in [1.54, 1.807) is 4.90 Å². The molecule has 0 bridgehead atoms. The maximum Gasteiger partial charge on any atom is 0.248 e. The van der Waals surface area contributed by atoms with Crippen molar-refractivity contribution in [3.63, 3.8) is 0 Å². The van der Waals surface area contributed by atoms with Gasteiger partial charge in [0.2, 0.25) is 11.8 Å². The molecule has 1 aliphatic carbocycles. The molecule has 2 rings (SSSR count). The van der Waals surface area contributed by atoms with Gasteiger partial charge in [0.25, 0.3) is 0 Å². The van der Waals surface area contributed by atoms with Gasteiger partial charge in [0.05, 0.1) is 6.54 Å². The molecule has 2 aliphatic rings. The zero-order valence-electron chi connectivity index (χ0n) is 12.5. The standard InChI is InChI=1S/C15H26N2O3/c1-2-10-20-11-6-9-17-12-13(18)16-15(14(17)19)7-4-3-5-8-15/h2-12H2,1H3,(H,16,18). The maximum atomic E-state index is 12.6. The van der Waals surface area contributed by atoms with Crippen LogP contribution in [0.15, 0.2) is 0 Å². The topological polar surface area (TPSA) is 58.6 Å². The molecule has 1 spiro atoms. The second-order valence-electron chi connectivity index (χ2n) is 5.88. The summed E-state index contributed by atoms with van der Waals surface area (Å²) in [5, 5.41) is 2.96. The fourth-order valence-corrected chi connectivity index (χ4v) is 3.19. The minimum atomic E-state index is -0.599. The van der Waals surface area contributed by atoms with Crippen LogP contribution in [0.5, 0.6) is 0 Å². The largest absolute Gasteiger partial charge is 0.381 e. The highest BCUT2D eigenvalue weighted by Crippen LogP contribution is 2.31. The third-order valence-corrected chi connectivity index (χ3v) is 4.18. The van der Waals surface area contributed by atoms with Gasteiger partial charge in [-0.1, -0.05) is 26.2 Å². The molecule has 1 saturated carbocycles. The zero-order valence-corrected chi connectivity index (χ0v) is 12.5. The summed E-state index contributed by atoms with van der Waals surface area (Å²) in [5.41, 5.74) is -0.599. The molecule has 5 nitrogen and oxygen atoms in total. The molecule has 0 unspecified atom stereocenters. The van der Waals surface area contributed by atoms with Gasteiger partial charge < -0.3 is 15.0 Å². The van der Waals surface area contributed by atoms with Crippen molar-refractivity contribution in [2.24, 2.45) is 0 Å². The number of nitrogens with zero attached hydrogens (tertiary/aromatic N) is 1. The highest BCUT2D eigenvalue weighted by molar-refractivity contribution is 5.98. The predicted molar refractivity (Wildman–Crippen MR) is 76.3 cm³/mol. The van der Waals surface area contributed by atoms with Gasteiger partial charge in [-0.05, 0) is 25.7 Å². The molecule has 114 valence electrons. The Morgan fingerprint density at radius 1 is 1.20 bits per heavy atom. The highest BCUT2D eigenvalue weighted by Gasteiger charge is 2.46. The number of amides is 2. The van der Waals surface area contributed by atoms with Crippen LogP contribution in [0.2, 0.25) is 0 Å². The first-order chi connectivity index (χ1) is 9.68. The molecule has 1 saturated heterocycles. The molecule has 0 aromatic rings. The van der Waals surface area contributed by atoms with Crippen LogP contribution in [-0.4, -0.2) is 48.6 Å². The Morgan fingerprint density at radius 3 is 2.65 bits per heavy atom. The quantitative estimate of drug-likeness (QED) is 0.750. The first-order valence-electron chi connectivity index (χ1n) is 7.86. The molecule has 1 N–H and O–H groups in total. The van der Waals surface area contributed by atoms with Crippen molar-refractivity contribution in [3.05, 3.63) is 0 Å². The SMILES string of the molecule is CCCOCCCN1CC(=O)NC2(CCCCC2)C1=O. The van der Waals surface area contributed by atoms with Gasteiger partial charge >= 0.3 is 0 Å². The van der Waals surface area contributed by atoms with Crippen LogP contribution in [0.4, 0.5) is 0 Å². The van der Waals surface area contributed by atoms with Crippen molar-refractivity contribution in [2.45, 2.75) is 57.4 Å². The average molecular weight is 282 g/mol. The van der Waals surface area contributed by atoms with E-state index in [1.807, 2.05) is 0 Å². The van der Waals surface area contributed by atoms with E-state index < -0.39 is 5.54 Å². The lowest BCUT2D eigenvalue weighted by Crippen LogP contribution is -2.67. The van der Waals surface area contributed by atoms with E-state index in [2.05, 4.69) is 12.2 Å². The molecule has 0 atom stereocenters. The zero-order chi connectivity index (χ0) is 14.4. The first-order valence-corrected chi connectivity index (χ1v) is 7.86. The summed E-state index contributed by atoms with van der Waals surface area (Å²) in [6.07, 6.45) is 6.61. The van der Waals surface area contributed by atoms with Crippen LogP contribution in [-0.2, 0) is 14.3 Å². The van der Waals surface area contributed by atoms with Crippen molar-refractivity contribution in [2.75, 3.05) is 26.3 Å². The van der Waals surface area contributed by atoms with E-state index in [-0.39, 0.29) is 18.4 Å². The second-order valence-corrected chi connectivity index (χ2v) is 5.88. The summed E-state index contributed by atoms with van der Waals surface area (Å²) in [5.74, 6) is 0.105. The Kier molecular flexibility index (Phi) is 5.40. The molecule has 0 radical (unpaired) electrons. The monoisotopic (exact) mass is 282 g/mol. The number of piperazine rings is 1. The molecule has 1 heterocycles. The molecule has 2 fully saturated rings. The van der Waals surface area contributed by atoms with Crippen LogP contribution < -0.4 is 5.32 Å². The lowest BCUT2D eigenvalue weighted by Gasteiger charge is -2.44. The van der Waals surface area contributed by atoms with Crippen molar-refractivity contribution in [1.82, 2.24) is 10.2 Å². The number of ether oxygens (including phenoxy) is 1. The Bertz CT molecular complexity index is 351. The summed E-state index contributed by atoms with van der Waals surface area (Å²) < 4.78 is 5.43. The number of hydrogen-bond acceptors (Lipinski definition) is 3. The Balaban J connectivity index is 1.88. The minimum Gasteiger partial charge on any atom is -0.381 e. The first kappa shape index (κ1) is 15.3. The normalized spacial score (nSPS) is 22.1. The van der Waals surface area contributed by atoms with Gasteiger partial charge in [0, 0.05) is 19.8 Å². The van der Waals surface area contributed by atoms with Crippen LogP contribution in [0.1, 0.15) is 51.9 Å². The molecule has 5 heteroatoms. The van der Waals surface area contributed by atoms with Gasteiger partial charge in [-0.15, -0.1) is 0 Å². The molecule has 2 amide bonds. The van der Waals surface area contributed by atoms with Crippen molar-refractivity contribution in [3.8, 4) is 0 Å². The van der Waals surface area contributed by atoms with E-state index in [4.69, 9.17) is 4.74 Å². The Morgan fingerprint density at radius 2 is 1.95 bits per heavy atom. The van der Waals surface area contributed by atoms with E-state index in [9.17, 15) is 9.59 Å². The van der Waals surface area contributed by atoms with E-state index >= 15 is 0 Å². The van der Waals surface area contributed by atoms with Gasteiger partial charge in [0.1, 0.15) is 5.54 Å². The molecule has 1 aliphatic heterocycles. The summed E-state index contributed by atoms with van der Waals surface area (Å²) in [6.45, 7) is 4.32. The Hall–Kier alpha value is -1.10. The van der Waals surface area contributed by atoms with Crippen LogP contribution >= 0.6 is 0 Å². The van der Waals surface area contributed by atoms with E-state index in [0.717, 1.165) is 51.6 Å². The average Bonchev–Trinajstić information content (AvgIpc) is 2.45. The highest BCUT2D eigenvalue weighted by atomic mass is 16.5. The summed E-state index contributed by atoms with van der Waals surface area (Å²) in [6, 6.07) is 0. The molecule has 20 heavy (non-hydrogen) atoms. The third-order valence-electron chi connectivity index (χ3n) is 4.18. The van der Waals surface area contributed by atoms with Crippen LogP contribution in [0.25, 0.3) is 0 Å². The third kappa shape index (κ3) is 3.51. The summed E-state index contributed by atoms with van der Waals surface area (Å²) in [4.78, 5) is 26.3. The fourth-order valence-electron chi connectivity index (χ4n) is 3.19. The van der Waals surface area contributed by atoms with E-state index in [0.29, 0.717) is 13.2 Å². The van der Waals surface area contributed by atoms with E-state index in [1.165, 1.54) is 0 Å². The van der Waals surface area contributed by atoms with Gasteiger partial charge in [-0.3, -0.25) is 9.59 Å². The lowest BCUT2D eigenvalue weighted by molar-refractivity contribution is -0.151. The van der Waals surface area contributed by atoms with Gasteiger partial charge in [-0.2, -0.15) is 0 Å². The molecule has 0 aromatic carbocycles. The number of hydrogen-bond donors (Lipinski definition) is 1. The Labute approximate surface area is 121 Å². The number of rotatable bonds is 6. The summed E-state index contributed by atoms with van der Waals surface area (Å²) >= 11 is 0. The predicted octanol–water partition coefficient (Wildman–Crippen LogP) is 1.46. The van der Waals surface area contributed by atoms with Gasteiger partial charge in [-0.25, -0.2) is 0 Å². The van der Waals surface area contributed by atoms with Gasteiger partial charge in [0.15, 0.2) is 0 Å². The molecular weight excluding hydrogens is 256 g/mol. The van der Waals surface area contributed by atoms with Crippen molar-refractivity contribution < 1.29 is 14.3 Å². The van der Waals surface area contributed by atoms with Crippen molar-refractivity contribution >= 4 is 11.8 Å². The van der Waals surface area contributed by atoms with Crippen LogP contribution in [0.3, 0.4) is 0 Å². The van der Waals surface area contributed by atoms with Crippen LogP contribution in [0, 0.1) is 0 Å². The summed E-state index contributed by atoms with van der Waals surface area (Å²) in [7, 11) is 0. The van der Waals surface area contributed by atoms with Crippen molar-refractivity contribution in [1.29, 1.82) is 0 Å². The number of carbonyl (C=O) groups is 2. The fraction of sp³-hybridized carbons (Fsp3) is 0.867. The minimum absolute atomic E-state index is 0.0130. The molecular formula is C15H26N2O3. The second kappa shape index (κ2) is 7.07.